The minimum absolute atomic E-state index is 0.163. The van der Waals surface area contributed by atoms with Crippen LogP contribution >= 0.6 is 16.8 Å². The molecule has 0 heterocycles. The van der Waals surface area contributed by atoms with Crippen molar-refractivity contribution in [2.45, 2.75) is 64.1 Å². The molecule has 0 aliphatic rings. The van der Waals surface area contributed by atoms with Gasteiger partial charge in [-0.25, -0.2) is 0 Å². The van der Waals surface area contributed by atoms with Gasteiger partial charge in [0.15, 0.2) is 0 Å². The summed E-state index contributed by atoms with van der Waals surface area (Å²) >= 11 is 2.22. The first-order valence-electron chi connectivity index (χ1n) is 7.53. The van der Waals surface area contributed by atoms with Gasteiger partial charge in [0.2, 0.25) is 0 Å². The summed E-state index contributed by atoms with van der Waals surface area (Å²) in [7, 11) is 2.48. The predicted octanol–water partition coefficient (Wildman–Crippen LogP) is 6.94. The predicted molar refractivity (Wildman–Crippen MR) is 95.3 cm³/mol. The molecule has 0 N–H and O–H groups in total. The van der Waals surface area contributed by atoms with Crippen molar-refractivity contribution in [2.75, 3.05) is 0 Å². The molecule has 0 bridgehead atoms. The van der Waals surface area contributed by atoms with Gasteiger partial charge in [-0.15, -0.1) is 0 Å². The molecular weight excluding hydrogens is 488 g/mol. The first-order chi connectivity index (χ1) is 11.4. The third-order valence-electron chi connectivity index (χ3n) is 4.14. The Morgan fingerprint density at radius 2 is 1.19 bits per heavy atom. The Bertz CT molecular complexity index is 563. The zero-order valence-corrected chi connectivity index (χ0v) is 18.7. The Morgan fingerprint density at radius 3 is 1.46 bits per heavy atom. The van der Waals surface area contributed by atoms with Crippen LogP contribution < -0.4 is 10.0 Å². The molecule has 0 aliphatic heterocycles. The van der Waals surface area contributed by atoms with Crippen molar-refractivity contribution in [1.29, 1.82) is 0 Å². The van der Waals surface area contributed by atoms with Crippen LogP contribution in [0.15, 0.2) is 24.3 Å². The van der Waals surface area contributed by atoms with E-state index in [1.54, 1.807) is 12.1 Å². The third kappa shape index (κ3) is 5.54. The Hall–Kier alpha value is 0.0523. The first kappa shape index (κ1) is 26.1. The van der Waals surface area contributed by atoms with Gasteiger partial charge in [-0.1, -0.05) is 7.26 Å². The Balaban J connectivity index is 0.00000301. The first-order valence-corrected chi connectivity index (χ1v) is 11.5. The SMILES string of the molecule is [CH2-][P+](c1ccc(OC(F)(F)C(F)(F)F)cc1)(C(C)(C)C)C(C)(C)C.[Cl][Pd+]. The Kier molecular flexibility index (Phi) is 8.62. The molecule has 154 valence electrons. The van der Waals surface area contributed by atoms with Crippen molar-refractivity contribution < 1.29 is 44.9 Å². The minimum atomic E-state index is -5.76. The van der Waals surface area contributed by atoms with Crippen molar-refractivity contribution in [1.82, 2.24) is 0 Å². The number of hydrogen-bond donors (Lipinski definition) is 0. The van der Waals surface area contributed by atoms with E-state index < -0.39 is 25.3 Å². The monoisotopic (exact) mass is 511 g/mol. The molecule has 0 aromatic heterocycles. The van der Waals surface area contributed by atoms with Crippen LogP contribution in [0.1, 0.15) is 41.5 Å². The van der Waals surface area contributed by atoms with Gasteiger partial charge in [-0.05, 0) is 65.8 Å². The number of halogens is 6. The summed E-state index contributed by atoms with van der Waals surface area (Å²) in [5.41, 5.74) is 0. The van der Waals surface area contributed by atoms with Crippen LogP contribution in [0.3, 0.4) is 0 Å². The van der Waals surface area contributed by atoms with Crippen molar-refractivity contribution in [3.8, 4) is 5.75 Å². The maximum atomic E-state index is 13.0. The molecule has 0 fully saturated rings. The van der Waals surface area contributed by atoms with Gasteiger partial charge in [-0.2, -0.15) is 28.6 Å². The zero-order chi connectivity index (χ0) is 21.2. The van der Waals surface area contributed by atoms with E-state index >= 15 is 0 Å². The van der Waals surface area contributed by atoms with Crippen molar-refractivity contribution in [3.63, 3.8) is 0 Å². The van der Waals surface area contributed by atoms with Gasteiger partial charge in [0, 0.05) is 0 Å². The summed E-state index contributed by atoms with van der Waals surface area (Å²) in [6.45, 7) is 16.8. The molecule has 9 heteroatoms. The molecule has 0 aliphatic carbocycles. The van der Waals surface area contributed by atoms with E-state index in [-0.39, 0.29) is 10.3 Å². The van der Waals surface area contributed by atoms with E-state index in [4.69, 9.17) is 0 Å². The third-order valence-corrected chi connectivity index (χ3v) is 9.90. The van der Waals surface area contributed by atoms with Gasteiger partial charge in [0.05, 0.1) is 15.6 Å². The van der Waals surface area contributed by atoms with Crippen molar-refractivity contribution >= 4 is 22.1 Å². The molecule has 0 amide bonds. The Labute approximate surface area is 167 Å². The van der Waals surface area contributed by atoms with Crippen LogP contribution in [-0.2, 0) is 18.2 Å². The molecule has 0 saturated heterocycles. The topological polar surface area (TPSA) is 9.23 Å². The second-order valence-corrected chi connectivity index (χ2v) is 12.6. The average Bonchev–Trinajstić information content (AvgIpc) is 2.45. The fourth-order valence-electron chi connectivity index (χ4n) is 2.76. The number of alkyl halides is 5. The molecule has 26 heavy (non-hydrogen) atoms. The summed E-state index contributed by atoms with van der Waals surface area (Å²) in [6, 6.07) is 5.37. The number of benzene rings is 1. The van der Waals surface area contributed by atoms with E-state index in [0.717, 1.165) is 17.4 Å². The van der Waals surface area contributed by atoms with E-state index in [2.05, 4.69) is 80.7 Å². The Morgan fingerprint density at radius 1 is 0.846 bits per heavy atom. The normalized spacial score (nSPS) is 13.8. The summed E-state index contributed by atoms with van der Waals surface area (Å²) in [4.78, 5) is 0. The molecular formula is C17H24ClF5OPPd+. The summed E-state index contributed by atoms with van der Waals surface area (Å²) in [5, 5.41) is 0.526. The molecule has 0 unspecified atom stereocenters. The fraction of sp³-hybridized carbons (Fsp3) is 0.588. The van der Waals surface area contributed by atoms with Crippen LogP contribution in [-0.4, -0.2) is 22.6 Å². The molecule has 0 atom stereocenters. The molecule has 1 nitrogen and oxygen atoms in total. The van der Waals surface area contributed by atoms with Gasteiger partial charge >= 0.3 is 40.0 Å². The summed E-state index contributed by atoms with van der Waals surface area (Å²) in [5.74, 6) is -0.532. The quantitative estimate of drug-likeness (QED) is 0.185. The molecule has 0 radical (unpaired) electrons. The number of rotatable bonds is 3. The fourth-order valence-corrected chi connectivity index (χ4v) is 6.98. The van der Waals surface area contributed by atoms with E-state index in [9.17, 15) is 22.0 Å². The van der Waals surface area contributed by atoms with Gasteiger partial charge < -0.3 is 4.74 Å². The summed E-state index contributed by atoms with van der Waals surface area (Å²) in [6.07, 6.45) is -11.0. The van der Waals surface area contributed by atoms with E-state index in [0.29, 0.717) is 0 Å². The van der Waals surface area contributed by atoms with Crippen LogP contribution in [0, 0.1) is 6.66 Å². The molecule has 1 aromatic rings. The van der Waals surface area contributed by atoms with Gasteiger partial charge in [0.1, 0.15) is 5.75 Å². The van der Waals surface area contributed by atoms with E-state index in [1.807, 2.05) is 0 Å². The van der Waals surface area contributed by atoms with Crippen molar-refractivity contribution in [3.05, 3.63) is 30.9 Å². The van der Waals surface area contributed by atoms with Crippen LogP contribution in [0.5, 0.6) is 5.75 Å². The number of ether oxygens (including phenoxy) is 1. The van der Waals surface area contributed by atoms with Crippen LogP contribution in [0.25, 0.3) is 0 Å². The maximum absolute atomic E-state index is 13.0. The van der Waals surface area contributed by atoms with Gasteiger partial charge in [-0.3, -0.25) is 0 Å². The zero-order valence-electron chi connectivity index (χ0n) is 15.5. The van der Waals surface area contributed by atoms with Crippen LogP contribution in [0.4, 0.5) is 22.0 Å². The van der Waals surface area contributed by atoms with Crippen LogP contribution in [0.2, 0.25) is 0 Å². The molecule has 0 spiro atoms. The van der Waals surface area contributed by atoms with Gasteiger partial charge in [0.25, 0.3) is 0 Å². The van der Waals surface area contributed by atoms with E-state index in [1.165, 1.54) is 0 Å². The summed E-state index contributed by atoms with van der Waals surface area (Å²) < 4.78 is 66.5. The molecule has 1 rings (SSSR count). The second kappa shape index (κ2) is 8.60. The molecule has 0 saturated carbocycles. The standard InChI is InChI=1S/C17H24F5OP.ClH.Pd/c1-14(2,3)24(7,15(4,5)6)13-10-8-12(9-11-13)23-17(21,22)16(18,19)20;;/h8-11H,7H2,1-6H3;1H;/q;;+2/p-1. The average molecular weight is 512 g/mol. The molecule has 1 aromatic carbocycles. The van der Waals surface area contributed by atoms with Crippen molar-refractivity contribution in [2.24, 2.45) is 0 Å². The number of hydrogen-bond acceptors (Lipinski definition) is 1. The second-order valence-electron chi connectivity index (χ2n) is 7.76.